The minimum atomic E-state index is -3.92. The van der Waals surface area contributed by atoms with Gasteiger partial charge in [-0.2, -0.15) is 4.31 Å². The summed E-state index contributed by atoms with van der Waals surface area (Å²) in [6, 6.07) is 1.19. The van der Waals surface area contributed by atoms with E-state index in [1.54, 1.807) is 6.92 Å². The molecule has 1 aromatic rings. The second kappa shape index (κ2) is 6.82. The van der Waals surface area contributed by atoms with Gasteiger partial charge >= 0.3 is 11.9 Å². The summed E-state index contributed by atoms with van der Waals surface area (Å²) in [7, 11) is -2.72. The summed E-state index contributed by atoms with van der Waals surface area (Å²) in [6.07, 6.45) is 0.488. The second-order valence-corrected chi connectivity index (χ2v) is 6.95. The van der Waals surface area contributed by atoms with Crippen molar-refractivity contribution in [3.63, 3.8) is 0 Å². The first-order valence-corrected chi connectivity index (χ1v) is 8.03. The van der Waals surface area contributed by atoms with E-state index in [4.69, 9.17) is 5.11 Å². The molecule has 0 aliphatic carbocycles. The maximum Gasteiger partial charge on any atom is 0.338 e. The number of sulfonamides is 1. The van der Waals surface area contributed by atoms with Crippen molar-refractivity contribution in [3.05, 3.63) is 17.0 Å². The third-order valence-corrected chi connectivity index (χ3v) is 5.64. The Bertz CT molecular complexity index is 592. The summed E-state index contributed by atoms with van der Waals surface area (Å²) in [5.74, 6) is -1.87. The van der Waals surface area contributed by atoms with Crippen molar-refractivity contribution in [2.75, 3.05) is 20.2 Å². The number of nitrogens with zero attached hydrogens (tertiary/aromatic N) is 1. The van der Waals surface area contributed by atoms with Gasteiger partial charge in [0.25, 0.3) is 10.0 Å². The Hall–Kier alpha value is -1.45. The molecule has 1 N–H and O–H groups in total. The number of esters is 1. The van der Waals surface area contributed by atoms with Crippen LogP contribution in [0.1, 0.15) is 23.7 Å². The fraction of sp³-hybridized carbons (Fsp3) is 0.455. The van der Waals surface area contributed by atoms with E-state index in [0.29, 0.717) is 6.42 Å². The average molecular weight is 321 g/mol. The number of rotatable bonds is 7. The molecule has 0 atom stereocenters. The van der Waals surface area contributed by atoms with Gasteiger partial charge in [-0.3, -0.25) is 4.79 Å². The molecule has 0 aliphatic rings. The maximum atomic E-state index is 12.3. The number of carbonyl (C=O) groups excluding carboxylic acids is 1. The van der Waals surface area contributed by atoms with E-state index in [-0.39, 0.29) is 16.3 Å². The van der Waals surface area contributed by atoms with Crippen LogP contribution < -0.4 is 0 Å². The molecule has 0 aromatic carbocycles. The third-order valence-electron chi connectivity index (χ3n) is 2.38. The standard InChI is InChI=1S/C11H15NO6S2/c1-3-4-12(6-9(13)14)20(16,17)10-5-8(7-19-10)11(15)18-2/h5,7H,3-4,6H2,1-2H3,(H,13,14). The van der Waals surface area contributed by atoms with E-state index in [9.17, 15) is 18.0 Å². The van der Waals surface area contributed by atoms with E-state index in [1.807, 2.05) is 0 Å². The van der Waals surface area contributed by atoms with Gasteiger partial charge in [0, 0.05) is 11.9 Å². The molecular formula is C11H15NO6S2. The largest absolute Gasteiger partial charge is 0.480 e. The van der Waals surface area contributed by atoms with Crippen LogP contribution in [0.2, 0.25) is 0 Å². The van der Waals surface area contributed by atoms with E-state index in [2.05, 4.69) is 4.74 Å². The molecule has 0 radical (unpaired) electrons. The molecule has 0 saturated heterocycles. The number of carboxylic acid groups (broad SMARTS) is 1. The summed E-state index contributed by atoms with van der Waals surface area (Å²) in [6.45, 7) is 1.24. The number of hydrogen-bond acceptors (Lipinski definition) is 6. The Morgan fingerprint density at radius 1 is 1.45 bits per heavy atom. The Labute approximate surface area is 120 Å². The monoisotopic (exact) mass is 321 g/mol. The van der Waals surface area contributed by atoms with E-state index in [0.717, 1.165) is 15.6 Å². The van der Waals surface area contributed by atoms with Gasteiger partial charge in [0.1, 0.15) is 10.8 Å². The Balaban J connectivity index is 3.09. The molecule has 20 heavy (non-hydrogen) atoms. The molecule has 112 valence electrons. The Morgan fingerprint density at radius 2 is 2.10 bits per heavy atom. The highest BCUT2D eigenvalue weighted by atomic mass is 32.2. The average Bonchev–Trinajstić information content (AvgIpc) is 2.87. The zero-order chi connectivity index (χ0) is 15.3. The molecule has 0 fully saturated rings. The van der Waals surface area contributed by atoms with Crippen LogP contribution in [0.4, 0.5) is 0 Å². The first-order valence-electron chi connectivity index (χ1n) is 5.71. The van der Waals surface area contributed by atoms with Crippen molar-refractivity contribution in [3.8, 4) is 0 Å². The topological polar surface area (TPSA) is 101 Å². The molecule has 1 aromatic heterocycles. The van der Waals surface area contributed by atoms with Crippen LogP contribution in [0.3, 0.4) is 0 Å². The smallest absolute Gasteiger partial charge is 0.338 e. The Morgan fingerprint density at radius 3 is 2.60 bits per heavy atom. The first kappa shape index (κ1) is 16.6. The molecular weight excluding hydrogens is 306 g/mol. The number of carboxylic acids is 1. The van der Waals surface area contributed by atoms with Crippen LogP contribution in [0.15, 0.2) is 15.7 Å². The van der Waals surface area contributed by atoms with Crippen LogP contribution in [-0.2, 0) is 19.6 Å². The van der Waals surface area contributed by atoms with Gasteiger partial charge in [0.2, 0.25) is 0 Å². The summed E-state index contributed by atoms with van der Waals surface area (Å²) in [5, 5.41) is 10.1. The van der Waals surface area contributed by atoms with Gasteiger partial charge in [-0.15, -0.1) is 11.3 Å². The predicted molar refractivity (Wildman–Crippen MR) is 72.3 cm³/mol. The van der Waals surface area contributed by atoms with Gasteiger partial charge in [-0.05, 0) is 12.5 Å². The normalized spacial score (nSPS) is 11.6. The lowest BCUT2D eigenvalue weighted by Gasteiger charge is -2.18. The van der Waals surface area contributed by atoms with Gasteiger partial charge in [-0.25, -0.2) is 13.2 Å². The number of carbonyl (C=O) groups is 2. The highest BCUT2D eigenvalue weighted by molar-refractivity contribution is 7.91. The van der Waals surface area contributed by atoms with Gasteiger partial charge < -0.3 is 9.84 Å². The molecule has 9 heteroatoms. The highest BCUT2D eigenvalue weighted by Crippen LogP contribution is 2.24. The maximum absolute atomic E-state index is 12.3. The SMILES string of the molecule is CCCN(CC(=O)O)S(=O)(=O)c1cc(C(=O)OC)cs1. The zero-order valence-electron chi connectivity index (χ0n) is 11.0. The predicted octanol–water partition coefficient (Wildman–Crippen LogP) is 1.02. The van der Waals surface area contributed by atoms with Crippen molar-refractivity contribution < 1.29 is 27.9 Å². The van der Waals surface area contributed by atoms with Crippen LogP contribution >= 0.6 is 11.3 Å². The molecule has 0 unspecified atom stereocenters. The molecule has 1 heterocycles. The molecule has 7 nitrogen and oxygen atoms in total. The number of hydrogen-bond donors (Lipinski definition) is 1. The van der Waals surface area contributed by atoms with Crippen molar-refractivity contribution in [2.45, 2.75) is 17.6 Å². The van der Waals surface area contributed by atoms with Crippen LogP contribution in [0.5, 0.6) is 0 Å². The minimum absolute atomic E-state index is 0.0763. The quantitative estimate of drug-likeness (QED) is 0.752. The summed E-state index contributed by atoms with van der Waals surface area (Å²) in [5.41, 5.74) is 0.128. The second-order valence-electron chi connectivity index (χ2n) is 3.88. The molecule has 0 bridgehead atoms. The lowest BCUT2D eigenvalue weighted by atomic mass is 10.3. The zero-order valence-corrected chi connectivity index (χ0v) is 12.7. The van der Waals surface area contributed by atoms with Gasteiger partial charge in [-0.1, -0.05) is 6.92 Å². The number of aliphatic carboxylic acids is 1. The van der Waals surface area contributed by atoms with Crippen molar-refractivity contribution in [1.29, 1.82) is 0 Å². The summed E-state index contributed by atoms with van der Waals surface area (Å²) >= 11 is 0.858. The Kier molecular flexibility index (Phi) is 5.66. The lowest BCUT2D eigenvalue weighted by Crippen LogP contribution is -2.35. The molecule has 0 aliphatic heterocycles. The number of methoxy groups -OCH3 is 1. The van der Waals surface area contributed by atoms with E-state index >= 15 is 0 Å². The molecule has 0 saturated carbocycles. The van der Waals surface area contributed by atoms with Gasteiger partial charge in [0.05, 0.1) is 12.7 Å². The fourth-order valence-corrected chi connectivity index (χ4v) is 4.27. The number of thiophene rings is 1. The molecule has 0 spiro atoms. The van der Waals surface area contributed by atoms with E-state index < -0.39 is 28.5 Å². The molecule has 0 amide bonds. The van der Waals surface area contributed by atoms with Crippen LogP contribution in [0.25, 0.3) is 0 Å². The summed E-state index contributed by atoms with van der Waals surface area (Å²) < 4.78 is 29.9. The van der Waals surface area contributed by atoms with Crippen LogP contribution in [-0.4, -0.2) is 50.0 Å². The first-order chi connectivity index (χ1) is 9.32. The summed E-state index contributed by atoms with van der Waals surface area (Å²) in [4.78, 5) is 22.1. The minimum Gasteiger partial charge on any atom is -0.480 e. The van der Waals surface area contributed by atoms with Crippen molar-refractivity contribution >= 4 is 33.3 Å². The highest BCUT2D eigenvalue weighted by Gasteiger charge is 2.28. The van der Waals surface area contributed by atoms with Crippen molar-refractivity contribution in [2.24, 2.45) is 0 Å². The fourth-order valence-electron chi connectivity index (χ4n) is 1.49. The third kappa shape index (κ3) is 3.78. The van der Waals surface area contributed by atoms with Crippen LogP contribution in [0, 0.1) is 0 Å². The van der Waals surface area contributed by atoms with Crippen molar-refractivity contribution in [1.82, 2.24) is 4.31 Å². The number of ether oxygens (including phenoxy) is 1. The van der Waals surface area contributed by atoms with E-state index in [1.165, 1.54) is 18.6 Å². The lowest BCUT2D eigenvalue weighted by molar-refractivity contribution is -0.137. The molecule has 1 rings (SSSR count). The van der Waals surface area contributed by atoms with Gasteiger partial charge in [0.15, 0.2) is 0 Å².